The summed E-state index contributed by atoms with van der Waals surface area (Å²) in [5, 5.41) is 6.42. The zero-order valence-electron chi connectivity index (χ0n) is 9.89. The first-order valence-electron chi connectivity index (χ1n) is 5.32. The average Bonchev–Trinajstić information content (AvgIpc) is 2.75. The molecule has 1 heterocycles. The highest BCUT2D eigenvalue weighted by molar-refractivity contribution is 9.10. The molecule has 0 aliphatic carbocycles. The van der Waals surface area contributed by atoms with Crippen LogP contribution in [0, 0.1) is 0 Å². The summed E-state index contributed by atoms with van der Waals surface area (Å²) in [5.74, 6) is -0.0983. The van der Waals surface area contributed by atoms with Gasteiger partial charge in [-0.25, -0.2) is 0 Å². The van der Waals surface area contributed by atoms with E-state index < -0.39 is 11.4 Å². The van der Waals surface area contributed by atoms with Crippen molar-refractivity contribution in [2.24, 2.45) is 10.8 Å². The lowest BCUT2D eigenvalue weighted by Gasteiger charge is -2.25. The highest BCUT2D eigenvalue weighted by atomic mass is 79.9. The van der Waals surface area contributed by atoms with E-state index in [1.165, 1.54) is 0 Å². The lowest BCUT2D eigenvalue weighted by Crippen LogP contribution is -2.50. The molecule has 0 saturated heterocycles. The van der Waals surface area contributed by atoms with Crippen molar-refractivity contribution in [2.45, 2.75) is 18.9 Å². The van der Waals surface area contributed by atoms with Gasteiger partial charge in [-0.15, -0.1) is 0 Å². The van der Waals surface area contributed by atoms with E-state index in [9.17, 15) is 4.79 Å². The predicted octanol–water partition coefficient (Wildman–Crippen LogP) is 2.03. The fourth-order valence-electron chi connectivity index (χ4n) is 1.41. The molecule has 1 unspecified atom stereocenters. The molecule has 1 aromatic rings. The van der Waals surface area contributed by atoms with Crippen molar-refractivity contribution in [2.75, 3.05) is 13.1 Å². The molecule has 0 fully saturated rings. The van der Waals surface area contributed by atoms with Crippen LogP contribution in [-0.4, -0.2) is 19.0 Å². The van der Waals surface area contributed by atoms with Gasteiger partial charge in [0, 0.05) is 11.5 Å². The van der Waals surface area contributed by atoms with Crippen LogP contribution in [0.1, 0.15) is 19.1 Å². The SMILES string of the molecule is CC(NCCCN=[N+]=[N-])(C(N)=O)c1ccc(Br)o1. The van der Waals surface area contributed by atoms with Crippen LogP contribution in [0.3, 0.4) is 0 Å². The predicted molar refractivity (Wildman–Crippen MR) is 69.6 cm³/mol. The Kier molecular flexibility index (Phi) is 5.21. The van der Waals surface area contributed by atoms with Gasteiger partial charge < -0.3 is 10.2 Å². The summed E-state index contributed by atoms with van der Waals surface area (Å²) in [4.78, 5) is 14.2. The largest absolute Gasteiger partial charge is 0.452 e. The summed E-state index contributed by atoms with van der Waals surface area (Å²) in [6, 6.07) is 3.37. The van der Waals surface area contributed by atoms with E-state index in [2.05, 4.69) is 31.3 Å². The third-order valence-corrected chi connectivity index (χ3v) is 2.96. The molecule has 0 radical (unpaired) electrons. The quantitative estimate of drug-likeness (QED) is 0.347. The van der Waals surface area contributed by atoms with Gasteiger partial charge in [-0.2, -0.15) is 0 Å². The molecule has 0 aliphatic rings. The molecule has 7 nitrogen and oxygen atoms in total. The summed E-state index contributed by atoms with van der Waals surface area (Å²) in [5.41, 5.74) is 12.5. The van der Waals surface area contributed by atoms with Crippen LogP contribution >= 0.6 is 15.9 Å². The Labute approximate surface area is 112 Å². The third kappa shape index (κ3) is 3.49. The van der Waals surface area contributed by atoms with Crippen LogP contribution in [0.5, 0.6) is 0 Å². The van der Waals surface area contributed by atoms with Crippen LogP contribution in [-0.2, 0) is 10.3 Å². The van der Waals surface area contributed by atoms with Crippen LogP contribution in [0.25, 0.3) is 10.4 Å². The monoisotopic (exact) mass is 315 g/mol. The van der Waals surface area contributed by atoms with Crippen molar-refractivity contribution in [3.05, 3.63) is 33.0 Å². The minimum Gasteiger partial charge on any atom is -0.452 e. The molecule has 1 amide bonds. The lowest BCUT2D eigenvalue weighted by atomic mass is 9.98. The number of rotatable bonds is 7. The summed E-state index contributed by atoms with van der Waals surface area (Å²) in [6.07, 6.45) is 0.606. The second kappa shape index (κ2) is 6.44. The summed E-state index contributed by atoms with van der Waals surface area (Å²) in [7, 11) is 0. The minimum atomic E-state index is -1.08. The molecule has 3 N–H and O–H groups in total. The minimum absolute atomic E-state index is 0.361. The highest BCUT2D eigenvalue weighted by Crippen LogP contribution is 2.25. The van der Waals surface area contributed by atoms with Gasteiger partial charge >= 0.3 is 0 Å². The van der Waals surface area contributed by atoms with Gasteiger partial charge in [-0.05, 0) is 53.5 Å². The van der Waals surface area contributed by atoms with Crippen LogP contribution in [0.2, 0.25) is 0 Å². The Morgan fingerprint density at radius 1 is 1.72 bits per heavy atom. The summed E-state index contributed by atoms with van der Waals surface area (Å²) < 4.78 is 5.89. The molecule has 0 aliphatic heterocycles. The van der Waals surface area contributed by atoms with E-state index in [1.54, 1.807) is 19.1 Å². The number of carbonyl (C=O) groups is 1. The maximum atomic E-state index is 11.6. The molecule has 0 aromatic carbocycles. The smallest absolute Gasteiger partial charge is 0.245 e. The van der Waals surface area contributed by atoms with E-state index in [-0.39, 0.29) is 0 Å². The van der Waals surface area contributed by atoms with E-state index in [4.69, 9.17) is 15.7 Å². The van der Waals surface area contributed by atoms with E-state index in [0.717, 1.165) is 0 Å². The van der Waals surface area contributed by atoms with Gasteiger partial charge in [0.2, 0.25) is 5.91 Å². The van der Waals surface area contributed by atoms with Crippen molar-refractivity contribution in [3.8, 4) is 0 Å². The zero-order valence-corrected chi connectivity index (χ0v) is 11.5. The Balaban J connectivity index is 2.69. The van der Waals surface area contributed by atoms with Crippen LogP contribution in [0.15, 0.2) is 26.3 Å². The van der Waals surface area contributed by atoms with E-state index >= 15 is 0 Å². The first kappa shape index (κ1) is 14.6. The van der Waals surface area contributed by atoms with Gasteiger partial charge in [0.1, 0.15) is 5.76 Å². The molecule has 0 spiro atoms. The molecule has 18 heavy (non-hydrogen) atoms. The molecule has 1 aromatic heterocycles. The van der Waals surface area contributed by atoms with E-state index in [0.29, 0.717) is 29.9 Å². The number of primary amides is 1. The average molecular weight is 316 g/mol. The third-order valence-electron chi connectivity index (χ3n) is 2.54. The van der Waals surface area contributed by atoms with Crippen molar-refractivity contribution in [1.29, 1.82) is 0 Å². The topological polar surface area (TPSA) is 117 Å². The van der Waals surface area contributed by atoms with Crippen LogP contribution < -0.4 is 11.1 Å². The number of halogens is 1. The van der Waals surface area contributed by atoms with Gasteiger partial charge in [-0.3, -0.25) is 10.1 Å². The van der Waals surface area contributed by atoms with Gasteiger partial charge in [0.05, 0.1) is 0 Å². The van der Waals surface area contributed by atoms with E-state index in [1.807, 2.05) is 0 Å². The number of furan rings is 1. The Morgan fingerprint density at radius 3 is 2.94 bits per heavy atom. The molecule has 0 bridgehead atoms. The highest BCUT2D eigenvalue weighted by Gasteiger charge is 2.35. The maximum Gasteiger partial charge on any atom is 0.245 e. The first-order valence-corrected chi connectivity index (χ1v) is 6.11. The summed E-state index contributed by atoms with van der Waals surface area (Å²) in [6.45, 7) is 2.49. The van der Waals surface area contributed by atoms with Gasteiger partial charge in [-0.1, -0.05) is 5.11 Å². The molecule has 0 saturated carbocycles. The second-order valence-electron chi connectivity index (χ2n) is 3.83. The molecular formula is C10H14BrN5O2. The number of nitrogens with one attached hydrogen (secondary N) is 1. The number of hydrogen-bond donors (Lipinski definition) is 2. The molecule has 8 heteroatoms. The molecule has 1 atom stereocenters. The molecule has 98 valence electrons. The lowest BCUT2D eigenvalue weighted by molar-refractivity contribution is -0.124. The Morgan fingerprint density at radius 2 is 2.44 bits per heavy atom. The number of amides is 1. The van der Waals surface area contributed by atoms with Crippen LogP contribution in [0.4, 0.5) is 0 Å². The van der Waals surface area contributed by atoms with Crippen molar-refractivity contribution < 1.29 is 9.21 Å². The number of carbonyl (C=O) groups excluding carboxylic acids is 1. The Hall–Kier alpha value is -1.50. The summed E-state index contributed by atoms with van der Waals surface area (Å²) >= 11 is 3.17. The van der Waals surface area contributed by atoms with Crippen molar-refractivity contribution in [3.63, 3.8) is 0 Å². The van der Waals surface area contributed by atoms with Crippen molar-refractivity contribution >= 4 is 21.8 Å². The fourth-order valence-corrected chi connectivity index (χ4v) is 1.72. The first-order chi connectivity index (χ1) is 8.50. The second-order valence-corrected chi connectivity index (χ2v) is 4.61. The number of nitrogens with zero attached hydrogens (tertiary/aromatic N) is 3. The number of nitrogens with two attached hydrogens (primary N) is 1. The van der Waals surface area contributed by atoms with Gasteiger partial charge in [0.15, 0.2) is 10.2 Å². The molecule has 1 rings (SSSR count). The Bertz CT molecular complexity index is 469. The number of hydrogen-bond acceptors (Lipinski definition) is 4. The maximum absolute atomic E-state index is 11.6. The standard InChI is InChI=1S/C10H14BrN5O2/c1-10(9(12)17,7-3-4-8(11)18-7)14-5-2-6-15-16-13/h3-4,14H,2,5-6H2,1H3,(H2,12,17). The zero-order chi connectivity index (χ0) is 13.6. The van der Waals surface area contributed by atoms with Crippen molar-refractivity contribution in [1.82, 2.24) is 5.32 Å². The van der Waals surface area contributed by atoms with Gasteiger partial charge in [0.25, 0.3) is 0 Å². The fraction of sp³-hybridized carbons (Fsp3) is 0.500. The number of azide groups is 1. The molecular weight excluding hydrogens is 302 g/mol. The normalized spacial score (nSPS) is 13.7.